The van der Waals surface area contributed by atoms with E-state index in [1.165, 1.54) is 0 Å². The molecule has 0 spiro atoms. The van der Waals surface area contributed by atoms with Gasteiger partial charge in [0.2, 0.25) is 10.0 Å². The molecular formula is C19H22F2N2O3S. The highest BCUT2D eigenvalue weighted by atomic mass is 32.2. The molecule has 0 fully saturated rings. The average Bonchev–Trinajstić information content (AvgIpc) is 2.59. The highest BCUT2D eigenvalue weighted by molar-refractivity contribution is 7.89. The van der Waals surface area contributed by atoms with Crippen molar-refractivity contribution in [3.63, 3.8) is 0 Å². The van der Waals surface area contributed by atoms with Crippen molar-refractivity contribution in [2.75, 3.05) is 17.6 Å². The van der Waals surface area contributed by atoms with Gasteiger partial charge in [-0.25, -0.2) is 21.9 Å². The predicted octanol–water partition coefficient (Wildman–Crippen LogP) is 3.65. The zero-order chi connectivity index (χ0) is 20.0. The van der Waals surface area contributed by atoms with Gasteiger partial charge in [-0.3, -0.25) is 4.79 Å². The van der Waals surface area contributed by atoms with E-state index in [9.17, 15) is 22.0 Å². The van der Waals surface area contributed by atoms with Gasteiger partial charge in [-0.15, -0.1) is 0 Å². The van der Waals surface area contributed by atoms with Crippen LogP contribution in [0.2, 0.25) is 0 Å². The molecule has 0 aliphatic carbocycles. The Labute approximate surface area is 157 Å². The summed E-state index contributed by atoms with van der Waals surface area (Å²) < 4.78 is 52.4. The Morgan fingerprint density at radius 1 is 1.07 bits per heavy atom. The van der Waals surface area contributed by atoms with Crippen molar-refractivity contribution in [2.24, 2.45) is 0 Å². The molecule has 2 N–H and O–H groups in total. The lowest BCUT2D eigenvalue weighted by Crippen LogP contribution is -2.29. The maximum Gasteiger partial charge on any atom is 0.255 e. The lowest BCUT2D eigenvalue weighted by Gasteiger charge is -2.14. The summed E-state index contributed by atoms with van der Waals surface area (Å²) in [5.74, 6) is -2.24. The van der Waals surface area contributed by atoms with E-state index in [0.717, 1.165) is 17.7 Å². The molecule has 0 radical (unpaired) electrons. The fraction of sp³-hybridized carbons (Fsp3) is 0.316. The fourth-order valence-corrected chi connectivity index (χ4v) is 3.68. The second kappa shape index (κ2) is 9.05. The van der Waals surface area contributed by atoms with Crippen molar-refractivity contribution in [3.8, 4) is 0 Å². The van der Waals surface area contributed by atoms with E-state index in [4.69, 9.17) is 0 Å². The summed E-state index contributed by atoms with van der Waals surface area (Å²) in [6, 6.07) is 9.44. The second-order valence-electron chi connectivity index (χ2n) is 6.30. The minimum absolute atomic E-state index is 0.0568. The Bertz CT molecular complexity index is 879. The molecule has 0 aliphatic heterocycles. The zero-order valence-electron chi connectivity index (χ0n) is 15.1. The summed E-state index contributed by atoms with van der Waals surface area (Å²) in [4.78, 5) is 12.1. The molecular weight excluding hydrogens is 374 g/mol. The van der Waals surface area contributed by atoms with E-state index in [0.29, 0.717) is 18.2 Å². The van der Waals surface area contributed by atoms with E-state index in [1.54, 1.807) is 31.2 Å². The molecule has 5 nitrogen and oxygen atoms in total. The number of sulfonamides is 1. The van der Waals surface area contributed by atoms with Crippen LogP contribution in [0.3, 0.4) is 0 Å². The lowest BCUT2D eigenvalue weighted by atomic mass is 10.0. The molecule has 27 heavy (non-hydrogen) atoms. The first-order valence-electron chi connectivity index (χ1n) is 8.55. The van der Waals surface area contributed by atoms with E-state index in [1.807, 2.05) is 6.92 Å². The van der Waals surface area contributed by atoms with Crippen molar-refractivity contribution in [2.45, 2.75) is 26.2 Å². The Balaban J connectivity index is 1.99. The number of benzene rings is 2. The predicted molar refractivity (Wildman–Crippen MR) is 101 cm³/mol. The number of carbonyl (C=O) groups is 1. The Morgan fingerprint density at radius 3 is 2.22 bits per heavy atom. The maximum atomic E-state index is 13.2. The third-order valence-corrected chi connectivity index (χ3v) is 5.50. The summed E-state index contributed by atoms with van der Waals surface area (Å²) in [6.07, 6.45) is 0.549. The SMILES string of the molecule is CCCS(=O)(=O)NC[C@H](C)c1ccc(NC(=O)c2cc(F)cc(F)c2)cc1. The Kier molecular flexibility index (Phi) is 7.04. The number of halogens is 2. The highest BCUT2D eigenvalue weighted by Crippen LogP contribution is 2.19. The molecule has 0 heterocycles. The number of amides is 1. The van der Waals surface area contributed by atoms with Crippen LogP contribution in [0.1, 0.15) is 42.1 Å². The molecule has 0 aliphatic rings. The van der Waals surface area contributed by atoms with Crippen LogP contribution in [0.5, 0.6) is 0 Å². The molecule has 0 unspecified atom stereocenters. The molecule has 0 saturated heterocycles. The molecule has 2 aromatic carbocycles. The van der Waals surface area contributed by atoms with Gasteiger partial charge in [-0.05, 0) is 42.2 Å². The second-order valence-corrected chi connectivity index (χ2v) is 8.23. The van der Waals surface area contributed by atoms with Crippen LogP contribution in [-0.4, -0.2) is 26.6 Å². The van der Waals surface area contributed by atoms with Crippen molar-refractivity contribution in [3.05, 3.63) is 65.2 Å². The van der Waals surface area contributed by atoms with Gasteiger partial charge in [-0.2, -0.15) is 0 Å². The molecule has 8 heteroatoms. The van der Waals surface area contributed by atoms with Gasteiger partial charge in [0.25, 0.3) is 5.91 Å². The summed E-state index contributed by atoms with van der Waals surface area (Å²) in [5, 5.41) is 2.57. The number of hydrogen-bond donors (Lipinski definition) is 2. The third-order valence-electron chi connectivity index (χ3n) is 3.94. The van der Waals surface area contributed by atoms with Gasteiger partial charge in [0.05, 0.1) is 5.75 Å². The van der Waals surface area contributed by atoms with Crippen LogP contribution in [0.25, 0.3) is 0 Å². The van der Waals surface area contributed by atoms with E-state index in [2.05, 4.69) is 10.0 Å². The number of nitrogens with one attached hydrogen (secondary N) is 2. The van der Waals surface area contributed by atoms with Crippen LogP contribution in [0, 0.1) is 11.6 Å². The summed E-state index contributed by atoms with van der Waals surface area (Å²) in [6.45, 7) is 3.96. The van der Waals surface area contributed by atoms with Gasteiger partial charge in [0.1, 0.15) is 11.6 Å². The quantitative estimate of drug-likeness (QED) is 0.715. The summed E-state index contributed by atoms with van der Waals surface area (Å²) in [5.41, 5.74) is 1.24. The Hall–Kier alpha value is -2.32. The van der Waals surface area contributed by atoms with Gasteiger partial charge >= 0.3 is 0 Å². The van der Waals surface area contributed by atoms with Crippen LogP contribution < -0.4 is 10.0 Å². The van der Waals surface area contributed by atoms with E-state index >= 15 is 0 Å². The minimum Gasteiger partial charge on any atom is -0.322 e. The molecule has 0 saturated carbocycles. The average molecular weight is 396 g/mol. The molecule has 0 aromatic heterocycles. The van der Waals surface area contributed by atoms with Crippen molar-refractivity contribution < 1.29 is 22.0 Å². The van der Waals surface area contributed by atoms with Gasteiger partial charge in [0, 0.05) is 23.9 Å². The number of anilines is 1. The van der Waals surface area contributed by atoms with E-state index < -0.39 is 27.6 Å². The van der Waals surface area contributed by atoms with Crippen LogP contribution >= 0.6 is 0 Å². The number of hydrogen-bond acceptors (Lipinski definition) is 3. The van der Waals surface area contributed by atoms with Gasteiger partial charge in [-0.1, -0.05) is 26.0 Å². The fourth-order valence-electron chi connectivity index (χ4n) is 2.49. The first-order chi connectivity index (χ1) is 12.7. The summed E-state index contributed by atoms with van der Waals surface area (Å²) >= 11 is 0. The van der Waals surface area contributed by atoms with Gasteiger partial charge < -0.3 is 5.32 Å². The number of rotatable bonds is 8. The zero-order valence-corrected chi connectivity index (χ0v) is 15.9. The van der Waals surface area contributed by atoms with Crippen LogP contribution in [0.15, 0.2) is 42.5 Å². The first kappa shape index (κ1) is 21.0. The van der Waals surface area contributed by atoms with E-state index in [-0.39, 0.29) is 23.8 Å². The molecule has 0 bridgehead atoms. The molecule has 1 amide bonds. The monoisotopic (exact) mass is 396 g/mol. The first-order valence-corrected chi connectivity index (χ1v) is 10.2. The van der Waals surface area contributed by atoms with Crippen LogP contribution in [-0.2, 0) is 10.0 Å². The van der Waals surface area contributed by atoms with Crippen molar-refractivity contribution in [1.82, 2.24) is 4.72 Å². The molecule has 1 atom stereocenters. The topological polar surface area (TPSA) is 75.3 Å². The van der Waals surface area contributed by atoms with Gasteiger partial charge in [0.15, 0.2) is 0 Å². The lowest BCUT2D eigenvalue weighted by molar-refractivity contribution is 0.102. The standard InChI is InChI=1S/C19H22F2N2O3S/c1-3-8-27(25,26)22-12-13(2)14-4-6-18(7-5-14)23-19(24)15-9-16(20)11-17(21)10-15/h4-7,9-11,13,22H,3,8,12H2,1-2H3,(H,23,24)/t13-/m0/s1. The maximum absolute atomic E-state index is 13.2. The number of carbonyl (C=O) groups excluding carboxylic acids is 1. The molecule has 146 valence electrons. The van der Waals surface area contributed by atoms with Crippen LogP contribution in [0.4, 0.5) is 14.5 Å². The minimum atomic E-state index is -3.26. The molecule has 2 rings (SSSR count). The smallest absolute Gasteiger partial charge is 0.255 e. The normalized spacial score (nSPS) is 12.6. The van der Waals surface area contributed by atoms with Crippen molar-refractivity contribution in [1.29, 1.82) is 0 Å². The Morgan fingerprint density at radius 2 is 1.67 bits per heavy atom. The third kappa shape index (κ3) is 6.41. The van der Waals surface area contributed by atoms with Crippen molar-refractivity contribution >= 4 is 21.6 Å². The highest BCUT2D eigenvalue weighted by Gasteiger charge is 2.13. The molecule has 2 aromatic rings. The summed E-state index contributed by atoms with van der Waals surface area (Å²) in [7, 11) is -3.26. The largest absolute Gasteiger partial charge is 0.322 e.